The van der Waals surface area contributed by atoms with Crippen LogP contribution in [-0.4, -0.2) is 49.0 Å². The molecule has 0 bridgehead atoms. The summed E-state index contributed by atoms with van der Waals surface area (Å²) in [5.74, 6) is 1.32. The van der Waals surface area contributed by atoms with Gasteiger partial charge in [0.25, 0.3) is 11.8 Å². The number of rotatable bonds is 4. The van der Waals surface area contributed by atoms with Crippen LogP contribution in [0.3, 0.4) is 0 Å². The number of aromatic nitrogens is 5. The second-order valence-electron chi connectivity index (χ2n) is 7.18. The van der Waals surface area contributed by atoms with E-state index in [0.717, 1.165) is 29.8 Å². The molecule has 142 valence electrons. The third kappa shape index (κ3) is 3.51. The first-order valence-electron chi connectivity index (χ1n) is 9.12. The highest BCUT2D eigenvalue weighted by atomic mass is 32.1. The highest BCUT2D eigenvalue weighted by Crippen LogP contribution is 2.26. The number of carbonyl (C=O) groups is 1. The Kier molecular flexibility index (Phi) is 4.77. The molecule has 8 nitrogen and oxygen atoms in total. The highest BCUT2D eigenvalue weighted by Gasteiger charge is 2.28. The van der Waals surface area contributed by atoms with Crippen LogP contribution in [0.4, 0.5) is 0 Å². The molecule has 1 atom stereocenters. The molecule has 0 radical (unpaired) electrons. The fraction of sp³-hybridized carbons (Fsp3) is 0.500. The lowest BCUT2D eigenvalue weighted by Crippen LogP contribution is -2.40. The molecule has 1 aliphatic rings. The summed E-state index contributed by atoms with van der Waals surface area (Å²) in [7, 11) is 0. The van der Waals surface area contributed by atoms with Gasteiger partial charge < -0.3 is 9.42 Å². The Balaban J connectivity index is 1.49. The first-order chi connectivity index (χ1) is 13.0. The Bertz CT molecular complexity index is 943. The van der Waals surface area contributed by atoms with Crippen LogP contribution in [0.2, 0.25) is 0 Å². The summed E-state index contributed by atoms with van der Waals surface area (Å²) in [5, 5.41) is 14.4. The maximum Gasteiger partial charge on any atom is 0.280 e. The molecule has 1 aliphatic heterocycles. The van der Waals surface area contributed by atoms with Gasteiger partial charge in [0.2, 0.25) is 0 Å². The van der Waals surface area contributed by atoms with Crippen LogP contribution in [0.15, 0.2) is 22.2 Å². The summed E-state index contributed by atoms with van der Waals surface area (Å²) in [5.41, 5.74) is 1.60. The number of amides is 1. The van der Waals surface area contributed by atoms with Crippen molar-refractivity contribution in [2.45, 2.75) is 45.6 Å². The van der Waals surface area contributed by atoms with Gasteiger partial charge in [-0.15, -0.1) is 16.4 Å². The van der Waals surface area contributed by atoms with Gasteiger partial charge in [0, 0.05) is 19.0 Å². The van der Waals surface area contributed by atoms with Gasteiger partial charge in [0.05, 0.1) is 17.1 Å². The van der Waals surface area contributed by atoms with E-state index in [1.165, 1.54) is 11.3 Å². The minimum absolute atomic E-state index is 0.0942. The zero-order valence-corrected chi connectivity index (χ0v) is 16.4. The molecular formula is C18H22N6O2S. The molecule has 0 N–H and O–H groups in total. The lowest BCUT2D eigenvalue weighted by atomic mass is 10.1. The van der Waals surface area contributed by atoms with Crippen molar-refractivity contribution >= 4 is 17.2 Å². The van der Waals surface area contributed by atoms with Crippen molar-refractivity contribution in [3.8, 4) is 11.6 Å². The number of nitrogens with zero attached hydrogens (tertiary/aromatic N) is 6. The summed E-state index contributed by atoms with van der Waals surface area (Å²) < 4.78 is 7.11. The number of likely N-dealkylation sites (tertiary alicyclic amines) is 1. The monoisotopic (exact) mass is 386 g/mol. The van der Waals surface area contributed by atoms with E-state index < -0.39 is 0 Å². The van der Waals surface area contributed by atoms with Crippen molar-refractivity contribution in [2.75, 3.05) is 13.1 Å². The summed E-state index contributed by atoms with van der Waals surface area (Å²) in [4.78, 5) is 19.9. The normalized spacial score (nSPS) is 17.6. The molecule has 1 unspecified atom stereocenters. The molecule has 0 spiro atoms. The lowest BCUT2D eigenvalue weighted by molar-refractivity contribution is 0.0676. The minimum Gasteiger partial charge on any atom is -0.336 e. The fourth-order valence-electron chi connectivity index (χ4n) is 3.22. The smallest absolute Gasteiger partial charge is 0.280 e. The maximum absolute atomic E-state index is 12.8. The molecule has 3 aromatic rings. The van der Waals surface area contributed by atoms with Crippen molar-refractivity contribution < 1.29 is 9.32 Å². The predicted octanol–water partition coefficient (Wildman–Crippen LogP) is 3.30. The van der Waals surface area contributed by atoms with Crippen LogP contribution < -0.4 is 0 Å². The lowest BCUT2D eigenvalue weighted by Gasteiger charge is -2.32. The van der Waals surface area contributed by atoms with Crippen LogP contribution >= 0.6 is 11.3 Å². The largest absolute Gasteiger partial charge is 0.336 e. The van der Waals surface area contributed by atoms with Gasteiger partial charge in [-0.3, -0.25) is 4.79 Å². The van der Waals surface area contributed by atoms with Crippen molar-refractivity contribution in [2.24, 2.45) is 0 Å². The molecule has 0 aliphatic carbocycles. The SMILES string of the molecule is Cc1ccsc1C(=O)N1CCCC(n2cc(-c3nc(C(C)C)no3)nn2)C1. The Labute approximate surface area is 161 Å². The van der Waals surface area contributed by atoms with Crippen LogP contribution in [0.25, 0.3) is 11.6 Å². The van der Waals surface area contributed by atoms with Crippen LogP contribution in [0.1, 0.15) is 59.7 Å². The second kappa shape index (κ2) is 7.22. The Morgan fingerprint density at radius 3 is 2.96 bits per heavy atom. The molecule has 27 heavy (non-hydrogen) atoms. The molecule has 0 saturated carbocycles. The van der Waals surface area contributed by atoms with E-state index in [2.05, 4.69) is 20.5 Å². The highest BCUT2D eigenvalue weighted by molar-refractivity contribution is 7.12. The van der Waals surface area contributed by atoms with Crippen LogP contribution in [0.5, 0.6) is 0 Å². The molecule has 0 aromatic carbocycles. The average molecular weight is 386 g/mol. The van der Waals surface area contributed by atoms with Gasteiger partial charge >= 0.3 is 0 Å². The molecule has 1 amide bonds. The Morgan fingerprint density at radius 1 is 1.41 bits per heavy atom. The van der Waals surface area contributed by atoms with Gasteiger partial charge in [-0.2, -0.15) is 4.98 Å². The number of hydrogen-bond acceptors (Lipinski definition) is 7. The number of carbonyl (C=O) groups excluding carboxylic acids is 1. The average Bonchev–Trinajstić information content (AvgIpc) is 3.41. The van der Waals surface area contributed by atoms with Crippen LogP contribution in [-0.2, 0) is 0 Å². The zero-order chi connectivity index (χ0) is 19.0. The van der Waals surface area contributed by atoms with Crippen molar-refractivity contribution in [3.63, 3.8) is 0 Å². The third-order valence-corrected chi connectivity index (χ3v) is 5.81. The molecule has 9 heteroatoms. The maximum atomic E-state index is 12.8. The zero-order valence-electron chi connectivity index (χ0n) is 15.6. The van der Waals surface area contributed by atoms with E-state index in [1.54, 1.807) is 0 Å². The number of aryl methyl sites for hydroxylation is 1. The molecular weight excluding hydrogens is 364 g/mol. The van der Waals surface area contributed by atoms with Gasteiger partial charge in [-0.1, -0.05) is 24.2 Å². The second-order valence-corrected chi connectivity index (χ2v) is 8.09. The van der Waals surface area contributed by atoms with Crippen molar-refractivity contribution in [1.82, 2.24) is 30.0 Å². The Morgan fingerprint density at radius 2 is 2.26 bits per heavy atom. The molecule has 4 heterocycles. The third-order valence-electron chi connectivity index (χ3n) is 4.80. The molecule has 4 rings (SSSR count). The van der Waals surface area contributed by atoms with E-state index in [-0.39, 0.29) is 17.9 Å². The molecule has 1 fully saturated rings. The molecule has 1 saturated heterocycles. The van der Waals surface area contributed by atoms with E-state index in [1.807, 2.05) is 48.0 Å². The summed E-state index contributed by atoms with van der Waals surface area (Å²) >= 11 is 1.50. The number of hydrogen-bond donors (Lipinski definition) is 0. The van der Waals surface area contributed by atoms with Crippen LogP contribution in [0, 0.1) is 6.92 Å². The van der Waals surface area contributed by atoms with Gasteiger partial charge in [-0.05, 0) is 36.8 Å². The van der Waals surface area contributed by atoms with Crippen molar-refractivity contribution in [3.05, 3.63) is 33.9 Å². The quantitative estimate of drug-likeness (QED) is 0.683. The summed E-state index contributed by atoms with van der Waals surface area (Å²) in [6.45, 7) is 7.39. The topological polar surface area (TPSA) is 89.9 Å². The van der Waals surface area contributed by atoms with E-state index in [0.29, 0.717) is 24.0 Å². The first kappa shape index (κ1) is 17.8. The van der Waals surface area contributed by atoms with E-state index >= 15 is 0 Å². The number of thiophene rings is 1. The predicted molar refractivity (Wildman–Crippen MR) is 101 cm³/mol. The summed E-state index contributed by atoms with van der Waals surface area (Å²) in [6, 6.07) is 2.08. The summed E-state index contributed by atoms with van der Waals surface area (Å²) in [6.07, 6.45) is 3.72. The van der Waals surface area contributed by atoms with E-state index in [9.17, 15) is 4.79 Å². The minimum atomic E-state index is 0.0942. The van der Waals surface area contributed by atoms with Gasteiger partial charge in [0.1, 0.15) is 0 Å². The van der Waals surface area contributed by atoms with E-state index in [4.69, 9.17) is 4.52 Å². The number of piperidine rings is 1. The Hall–Kier alpha value is -2.55. The fourth-order valence-corrected chi connectivity index (χ4v) is 4.11. The first-order valence-corrected chi connectivity index (χ1v) is 10.00. The van der Waals surface area contributed by atoms with Gasteiger partial charge in [0.15, 0.2) is 11.5 Å². The standard InChI is InChI=1S/C18H22N6O2S/c1-11(2)16-19-17(26-21-16)14-10-24(22-20-14)13-5-4-7-23(9-13)18(25)15-12(3)6-8-27-15/h6,8,10-11,13H,4-5,7,9H2,1-3H3. The molecule has 3 aromatic heterocycles. The van der Waals surface area contributed by atoms with Gasteiger partial charge in [-0.25, -0.2) is 4.68 Å². The van der Waals surface area contributed by atoms with Crippen molar-refractivity contribution in [1.29, 1.82) is 0 Å².